The molecule has 0 bridgehead atoms. The summed E-state index contributed by atoms with van der Waals surface area (Å²) in [6.07, 6.45) is 4.56. The zero-order valence-electron chi connectivity index (χ0n) is 19.5. The Hall–Kier alpha value is -2.82. The number of imidazole rings is 2. The van der Waals surface area contributed by atoms with Crippen LogP contribution >= 0.6 is 63.7 Å². The lowest BCUT2D eigenvalue weighted by Crippen LogP contribution is -2.25. The van der Waals surface area contributed by atoms with Gasteiger partial charge in [0.25, 0.3) is 11.8 Å². The number of amides is 2. The number of carbonyl (C=O) groups is 2. The predicted molar refractivity (Wildman–Crippen MR) is 158 cm³/mol. The van der Waals surface area contributed by atoms with Gasteiger partial charge < -0.3 is 42.0 Å². The van der Waals surface area contributed by atoms with E-state index in [0.29, 0.717) is 56.9 Å². The standard InChI is InChI=1S/C22H22Br4N10O2/c23-10-6-13(32-17(10)25)19(37)29-4-1-2-12-16(36-22(28)34-12)9(15-8-31-21(27)35-15)3-5-30-20(38)14-7-11(24)18(26)33-14/h3,6-8,32-33H,1-2,4-5H2,(H,29,37)(H,30,38)(H3,27,31,35)(H3,28,34,36)/b9-3-. The Morgan fingerprint density at radius 1 is 0.868 bits per heavy atom. The Morgan fingerprint density at radius 3 is 2.05 bits per heavy atom. The molecule has 0 unspecified atom stereocenters. The first-order valence-corrected chi connectivity index (χ1v) is 14.3. The van der Waals surface area contributed by atoms with E-state index in [1.807, 2.05) is 0 Å². The largest absolute Gasteiger partial charge is 0.369 e. The summed E-state index contributed by atoms with van der Waals surface area (Å²) >= 11 is 13.4. The number of rotatable bonds is 10. The third-order valence-corrected chi connectivity index (χ3v) is 8.90. The summed E-state index contributed by atoms with van der Waals surface area (Å²) in [5.41, 5.74) is 15.3. The SMILES string of the molecule is Nc1ncc(/C(=C/CNC(=O)c2cc(Br)c(Br)[nH]2)c2nc(N)[nH]c2CCCNC(=O)c2cc(Br)c(Br)[nH]2)[nH]1. The predicted octanol–water partition coefficient (Wildman–Crippen LogP) is 4.23. The number of halogens is 4. The average molecular weight is 778 g/mol. The molecule has 200 valence electrons. The highest BCUT2D eigenvalue weighted by Crippen LogP contribution is 2.26. The van der Waals surface area contributed by atoms with Crippen LogP contribution in [0.15, 0.2) is 42.6 Å². The number of hydrogen-bond acceptors (Lipinski definition) is 6. The van der Waals surface area contributed by atoms with Crippen molar-refractivity contribution in [2.24, 2.45) is 0 Å². The van der Waals surface area contributed by atoms with Gasteiger partial charge in [-0.2, -0.15) is 0 Å². The van der Waals surface area contributed by atoms with Crippen molar-refractivity contribution in [3.8, 4) is 0 Å². The summed E-state index contributed by atoms with van der Waals surface area (Å²) in [7, 11) is 0. The minimum atomic E-state index is -0.283. The van der Waals surface area contributed by atoms with Gasteiger partial charge in [-0.15, -0.1) is 0 Å². The van der Waals surface area contributed by atoms with Crippen molar-refractivity contribution < 1.29 is 9.59 Å². The Balaban J connectivity index is 1.45. The molecule has 0 aliphatic rings. The molecule has 0 saturated carbocycles. The molecule has 2 amide bonds. The van der Waals surface area contributed by atoms with Crippen molar-refractivity contribution in [3.63, 3.8) is 0 Å². The normalized spacial score (nSPS) is 11.6. The Bertz CT molecular complexity index is 1460. The minimum Gasteiger partial charge on any atom is -0.369 e. The quantitative estimate of drug-likeness (QED) is 0.111. The number of nitrogens with two attached hydrogens (primary N) is 2. The molecular weight excluding hydrogens is 756 g/mol. The van der Waals surface area contributed by atoms with Crippen LogP contribution < -0.4 is 22.1 Å². The second-order valence-corrected chi connectivity index (χ2v) is 11.3. The number of anilines is 2. The van der Waals surface area contributed by atoms with Crippen molar-refractivity contribution >= 4 is 93.0 Å². The first-order chi connectivity index (χ1) is 18.1. The van der Waals surface area contributed by atoms with E-state index in [4.69, 9.17) is 11.5 Å². The molecule has 38 heavy (non-hydrogen) atoms. The molecule has 4 heterocycles. The monoisotopic (exact) mass is 774 g/mol. The van der Waals surface area contributed by atoms with E-state index in [1.165, 1.54) is 0 Å². The molecule has 12 nitrogen and oxygen atoms in total. The summed E-state index contributed by atoms with van der Waals surface area (Å²) < 4.78 is 2.88. The number of nitrogen functional groups attached to an aromatic ring is 2. The fraction of sp³-hybridized carbons (Fsp3) is 0.182. The third kappa shape index (κ3) is 6.78. The molecule has 0 atom stereocenters. The second-order valence-electron chi connectivity index (χ2n) is 8.01. The van der Waals surface area contributed by atoms with E-state index in [0.717, 1.165) is 14.6 Å². The molecule has 16 heteroatoms. The van der Waals surface area contributed by atoms with Crippen LogP contribution in [0.2, 0.25) is 0 Å². The molecule has 0 aromatic carbocycles. The molecule has 10 N–H and O–H groups in total. The van der Waals surface area contributed by atoms with Crippen LogP contribution in [0.25, 0.3) is 5.57 Å². The van der Waals surface area contributed by atoms with Gasteiger partial charge in [0.2, 0.25) is 0 Å². The number of H-pyrrole nitrogens is 4. The van der Waals surface area contributed by atoms with E-state index in [1.54, 1.807) is 24.4 Å². The summed E-state index contributed by atoms with van der Waals surface area (Å²) in [5, 5.41) is 5.73. The molecule has 4 rings (SSSR count). The van der Waals surface area contributed by atoms with Gasteiger partial charge >= 0.3 is 0 Å². The molecule has 4 aromatic heterocycles. The molecule has 0 fully saturated rings. The van der Waals surface area contributed by atoms with Crippen molar-refractivity contribution in [3.05, 3.63) is 71.0 Å². The Kier molecular flexibility index (Phi) is 9.17. The van der Waals surface area contributed by atoms with Crippen molar-refractivity contribution in [1.29, 1.82) is 0 Å². The van der Waals surface area contributed by atoms with Crippen LogP contribution in [0, 0.1) is 0 Å². The molecule has 0 saturated heterocycles. The molecule has 4 aromatic rings. The lowest BCUT2D eigenvalue weighted by Gasteiger charge is -2.08. The maximum atomic E-state index is 12.6. The van der Waals surface area contributed by atoms with E-state index in [-0.39, 0.29) is 30.3 Å². The zero-order chi connectivity index (χ0) is 27.4. The number of aryl methyl sites for hydroxylation is 1. The average Bonchev–Trinajstić information content (AvgIpc) is 3.63. The van der Waals surface area contributed by atoms with Gasteiger partial charge in [-0.25, -0.2) is 9.97 Å². The van der Waals surface area contributed by atoms with Gasteiger partial charge in [-0.3, -0.25) is 9.59 Å². The highest BCUT2D eigenvalue weighted by atomic mass is 79.9. The number of nitrogens with zero attached hydrogens (tertiary/aromatic N) is 2. The van der Waals surface area contributed by atoms with E-state index < -0.39 is 0 Å². The topological polar surface area (TPSA) is 199 Å². The Morgan fingerprint density at radius 2 is 1.50 bits per heavy atom. The fourth-order valence-corrected chi connectivity index (χ4v) is 4.91. The van der Waals surface area contributed by atoms with Crippen LogP contribution in [0.5, 0.6) is 0 Å². The first kappa shape index (κ1) is 28.2. The minimum absolute atomic E-state index is 0.199. The van der Waals surface area contributed by atoms with E-state index in [9.17, 15) is 9.59 Å². The van der Waals surface area contributed by atoms with E-state index in [2.05, 4.69) is 104 Å². The van der Waals surface area contributed by atoms with Gasteiger partial charge in [0.1, 0.15) is 11.4 Å². The number of aromatic amines is 4. The van der Waals surface area contributed by atoms with Crippen LogP contribution in [-0.4, -0.2) is 54.8 Å². The smallest absolute Gasteiger partial charge is 0.268 e. The lowest BCUT2D eigenvalue weighted by atomic mass is 10.0. The van der Waals surface area contributed by atoms with Crippen molar-refractivity contribution in [1.82, 2.24) is 40.5 Å². The number of aromatic nitrogens is 6. The fourth-order valence-electron chi connectivity index (χ4n) is 3.60. The van der Waals surface area contributed by atoms with Crippen LogP contribution in [0.1, 0.15) is 44.5 Å². The summed E-state index contributed by atoms with van der Waals surface area (Å²) in [6, 6.07) is 3.38. The van der Waals surface area contributed by atoms with Crippen molar-refractivity contribution in [2.45, 2.75) is 12.8 Å². The molecular formula is C22H22Br4N10O2. The molecule has 0 aliphatic heterocycles. The third-order valence-electron chi connectivity index (χ3n) is 5.34. The second kappa shape index (κ2) is 12.4. The number of carbonyl (C=O) groups excluding carboxylic acids is 2. The highest BCUT2D eigenvalue weighted by molar-refractivity contribution is 9.13. The van der Waals surface area contributed by atoms with Gasteiger partial charge in [0, 0.05) is 24.4 Å². The maximum Gasteiger partial charge on any atom is 0.268 e. The first-order valence-electron chi connectivity index (χ1n) is 11.1. The molecule has 0 spiro atoms. The maximum absolute atomic E-state index is 12.6. The van der Waals surface area contributed by atoms with Crippen molar-refractivity contribution in [2.75, 3.05) is 24.6 Å². The zero-order valence-corrected chi connectivity index (χ0v) is 25.9. The van der Waals surface area contributed by atoms with Crippen LogP contribution in [0.4, 0.5) is 11.9 Å². The summed E-state index contributed by atoms with van der Waals surface area (Å²) in [6.45, 7) is 0.629. The van der Waals surface area contributed by atoms with Crippen LogP contribution in [-0.2, 0) is 6.42 Å². The molecule has 0 aliphatic carbocycles. The van der Waals surface area contributed by atoms with Crippen LogP contribution in [0.3, 0.4) is 0 Å². The van der Waals surface area contributed by atoms with Gasteiger partial charge in [0.05, 0.1) is 35.7 Å². The highest BCUT2D eigenvalue weighted by Gasteiger charge is 2.18. The molecule has 0 radical (unpaired) electrons. The number of nitrogens with one attached hydrogen (secondary N) is 6. The lowest BCUT2D eigenvalue weighted by molar-refractivity contribution is 0.0942. The van der Waals surface area contributed by atoms with E-state index >= 15 is 0 Å². The summed E-state index contributed by atoms with van der Waals surface area (Å²) in [5.74, 6) is -0.0177. The Labute approximate surface area is 250 Å². The van der Waals surface area contributed by atoms with Gasteiger partial charge in [0.15, 0.2) is 11.9 Å². The summed E-state index contributed by atoms with van der Waals surface area (Å²) in [4.78, 5) is 45.5. The van der Waals surface area contributed by atoms with Gasteiger partial charge in [-0.1, -0.05) is 6.08 Å². The number of hydrogen-bond donors (Lipinski definition) is 8. The van der Waals surface area contributed by atoms with Gasteiger partial charge in [-0.05, 0) is 88.7 Å².